The second kappa shape index (κ2) is 6.01. The van der Waals surface area contributed by atoms with Crippen molar-refractivity contribution in [2.45, 2.75) is 0 Å². The van der Waals surface area contributed by atoms with Gasteiger partial charge in [-0.05, 0) is 30.3 Å². The number of ether oxygens (including phenoxy) is 1. The van der Waals surface area contributed by atoms with Gasteiger partial charge in [-0.3, -0.25) is 9.59 Å². The summed E-state index contributed by atoms with van der Waals surface area (Å²) in [7, 11) is 2.85. The molecule has 0 spiro atoms. The number of benzene rings is 1. The summed E-state index contributed by atoms with van der Waals surface area (Å²) in [6, 6.07) is 8.82. The quantitative estimate of drug-likeness (QED) is 0.783. The van der Waals surface area contributed by atoms with E-state index in [1.165, 1.54) is 12.0 Å². The smallest absolute Gasteiger partial charge is 0.325 e. The summed E-state index contributed by atoms with van der Waals surface area (Å²) >= 11 is 0. The topological polar surface area (TPSA) is 64.4 Å². The van der Waals surface area contributed by atoms with Crippen molar-refractivity contribution in [3.8, 4) is 5.69 Å². The van der Waals surface area contributed by atoms with E-state index in [2.05, 4.69) is 9.84 Å². The normalized spacial score (nSPS) is 10.1. The van der Waals surface area contributed by atoms with Crippen molar-refractivity contribution in [2.75, 3.05) is 20.7 Å². The van der Waals surface area contributed by atoms with Crippen LogP contribution in [-0.2, 0) is 9.53 Å². The number of nitrogens with zero attached hydrogens (tertiary/aromatic N) is 3. The van der Waals surface area contributed by atoms with E-state index in [9.17, 15) is 9.59 Å². The van der Waals surface area contributed by atoms with Crippen molar-refractivity contribution in [1.29, 1.82) is 0 Å². The van der Waals surface area contributed by atoms with Crippen molar-refractivity contribution in [1.82, 2.24) is 14.7 Å². The number of carbonyl (C=O) groups is 2. The molecule has 1 aromatic heterocycles. The van der Waals surface area contributed by atoms with Crippen LogP contribution in [-0.4, -0.2) is 47.3 Å². The van der Waals surface area contributed by atoms with Crippen molar-refractivity contribution < 1.29 is 14.3 Å². The monoisotopic (exact) mass is 273 g/mol. The summed E-state index contributed by atoms with van der Waals surface area (Å²) in [5.74, 6) is -0.684. The lowest BCUT2D eigenvalue weighted by Gasteiger charge is -2.15. The largest absolute Gasteiger partial charge is 0.468 e. The fourth-order valence-electron chi connectivity index (χ4n) is 1.73. The average molecular weight is 273 g/mol. The van der Waals surface area contributed by atoms with Gasteiger partial charge in [0.25, 0.3) is 5.91 Å². The maximum absolute atomic E-state index is 12.1. The highest BCUT2D eigenvalue weighted by Gasteiger charge is 2.15. The summed E-state index contributed by atoms with van der Waals surface area (Å²) in [6.45, 7) is -0.0732. The first-order valence-corrected chi connectivity index (χ1v) is 6.04. The lowest BCUT2D eigenvalue weighted by molar-refractivity contribution is -0.141. The Hall–Kier alpha value is -2.63. The molecule has 20 heavy (non-hydrogen) atoms. The third-order valence-electron chi connectivity index (χ3n) is 2.82. The van der Waals surface area contributed by atoms with Gasteiger partial charge in [-0.2, -0.15) is 5.10 Å². The van der Waals surface area contributed by atoms with Gasteiger partial charge in [-0.1, -0.05) is 0 Å². The van der Waals surface area contributed by atoms with Crippen LogP contribution in [0.2, 0.25) is 0 Å². The number of likely N-dealkylation sites (N-methyl/N-ethyl adjacent to an activating group) is 1. The molecule has 0 saturated heterocycles. The van der Waals surface area contributed by atoms with Gasteiger partial charge in [0.1, 0.15) is 6.54 Å². The lowest BCUT2D eigenvalue weighted by atomic mass is 10.2. The summed E-state index contributed by atoms with van der Waals surface area (Å²) in [6.07, 6.45) is 3.50. The molecular formula is C14H15N3O3. The van der Waals surface area contributed by atoms with Crippen LogP contribution in [0.25, 0.3) is 5.69 Å². The van der Waals surface area contributed by atoms with E-state index in [1.807, 2.05) is 12.3 Å². The maximum atomic E-state index is 12.1. The Kier molecular flexibility index (Phi) is 4.14. The predicted molar refractivity (Wildman–Crippen MR) is 72.5 cm³/mol. The zero-order valence-electron chi connectivity index (χ0n) is 11.3. The number of hydrogen-bond donors (Lipinski definition) is 0. The molecule has 0 unspecified atom stereocenters. The van der Waals surface area contributed by atoms with Gasteiger partial charge in [-0.25, -0.2) is 4.68 Å². The molecule has 104 valence electrons. The van der Waals surface area contributed by atoms with Gasteiger partial charge in [0.15, 0.2) is 0 Å². The SMILES string of the molecule is COC(=O)CN(C)C(=O)c1ccc(-n2cccn2)cc1. The number of amides is 1. The Balaban J connectivity index is 2.09. The highest BCUT2D eigenvalue weighted by molar-refractivity contribution is 5.95. The molecule has 2 aromatic rings. The number of hydrogen-bond acceptors (Lipinski definition) is 4. The van der Waals surface area contributed by atoms with Crippen LogP contribution in [0.3, 0.4) is 0 Å². The molecule has 6 heteroatoms. The summed E-state index contributed by atoms with van der Waals surface area (Å²) in [4.78, 5) is 24.5. The van der Waals surface area contributed by atoms with E-state index in [-0.39, 0.29) is 12.5 Å². The second-order valence-electron chi connectivity index (χ2n) is 4.23. The summed E-state index contributed by atoms with van der Waals surface area (Å²) in [5, 5.41) is 4.11. The molecule has 0 saturated carbocycles. The number of rotatable bonds is 4. The standard InChI is InChI=1S/C14H15N3O3/c1-16(10-13(18)20-2)14(19)11-4-6-12(7-5-11)17-9-3-8-15-17/h3-9H,10H2,1-2H3. The summed E-state index contributed by atoms with van der Waals surface area (Å²) in [5.41, 5.74) is 1.37. The van der Waals surface area contributed by atoms with Crippen LogP contribution in [0, 0.1) is 0 Å². The molecule has 0 radical (unpaired) electrons. The van der Waals surface area contributed by atoms with Crippen LogP contribution < -0.4 is 0 Å². The molecule has 0 aliphatic heterocycles. The third-order valence-corrected chi connectivity index (χ3v) is 2.82. The number of esters is 1. The molecule has 0 fully saturated rings. The van der Waals surface area contributed by atoms with Crippen LogP contribution in [0.4, 0.5) is 0 Å². The van der Waals surface area contributed by atoms with E-state index >= 15 is 0 Å². The van der Waals surface area contributed by atoms with Gasteiger partial charge in [0, 0.05) is 25.0 Å². The van der Waals surface area contributed by atoms with Crippen LogP contribution in [0.5, 0.6) is 0 Å². The molecule has 1 amide bonds. The first kappa shape index (κ1) is 13.8. The van der Waals surface area contributed by atoms with E-state index in [0.717, 1.165) is 5.69 Å². The molecule has 0 N–H and O–H groups in total. The molecule has 2 rings (SSSR count). The van der Waals surface area contributed by atoms with Gasteiger partial charge < -0.3 is 9.64 Å². The predicted octanol–water partition coefficient (Wildman–Crippen LogP) is 1.12. The Bertz CT molecular complexity index is 591. The minimum absolute atomic E-state index is 0.0732. The molecule has 6 nitrogen and oxygen atoms in total. The Morgan fingerprint density at radius 3 is 2.55 bits per heavy atom. The highest BCUT2D eigenvalue weighted by atomic mass is 16.5. The fraction of sp³-hybridized carbons (Fsp3) is 0.214. The van der Waals surface area contributed by atoms with Crippen molar-refractivity contribution >= 4 is 11.9 Å². The zero-order valence-corrected chi connectivity index (χ0v) is 11.3. The molecule has 0 bridgehead atoms. The lowest BCUT2D eigenvalue weighted by Crippen LogP contribution is -2.32. The van der Waals surface area contributed by atoms with Gasteiger partial charge in [-0.15, -0.1) is 0 Å². The van der Waals surface area contributed by atoms with E-state index in [1.54, 1.807) is 42.2 Å². The number of methoxy groups -OCH3 is 1. The third kappa shape index (κ3) is 3.03. The highest BCUT2D eigenvalue weighted by Crippen LogP contribution is 2.10. The van der Waals surface area contributed by atoms with Crippen LogP contribution >= 0.6 is 0 Å². The minimum Gasteiger partial charge on any atom is -0.468 e. The second-order valence-corrected chi connectivity index (χ2v) is 4.23. The Morgan fingerprint density at radius 2 is 2.00 bits per heavy atom. The first-order valence-electron chi connectivity index (χ1n) is 6.04. The molecule has 1 aromatic carbocycles. The average Bonchev–Trinajstić information content (AvgIpc) is 3.00. The minimum atomic E-state index is -0.450. The molecular weight excluding hydrogens is 258 g/mol. The first-order chi connectivity index (χ1) is 9.61. The fourth-order valence-corrected chi connectivity index (χ4v) is 1.73. The van der Waals surface area contributed by atoms with Crippen molar-refractivity contribution in [3.05, 3.63) is 48.3 Å². The maximum Gasteiger partial charge on any atom is 0.325 e. The summed E-state index contributed by atoms with van der Waals surface area (Å²) < 4.78 is 6.23. The molecule has 0 aliphatic carbocycles. The van der Waals surface area contributed by atoms with Crippen molar-refractivity contribution in [3.63, 3.8) is 0 Å². The van der Waals surface area contributed by atoms with E-state index in [4.69, 9.17) is 0 Å². The van der Waals surface area contributed by atoms with Crippen LogP contribution in [0.15, 0.2) is 42.7 Å². The van der Waals surface area contributed by atoms with E-state index < -0.39 is 5.97 Å². The Labute approximate surface area is 116 Å². The van der Waals surface area contributed by atoms with Gasteiger partial charge in [0.2, 0.25) is 0 Å². The molecule has 0 atom stereocenters. The zero-order chi connectivity index (χ0) is 14.5. The Morgan fingerprint density at radius 1 is 1.30 bits per heavy atom. The molecule has 1 heterocycles. The van der Waals surface area contributed by atoms with Crippen molar-refractivity contribution in [2.24, 2.45) is 0 Å². The number of aromatic nitrogens is 2. The van der Waals surface area contributed by atoms with Crippen LogP contribution in [0.1, 0.15) is 10.4 Å². The molecule has 0 aliphatic rings. The van der Waals surface area contributed by atoms with Gasteiger partial charge >= 0.3 is 5.97 Å². The van der Waals surface area contributed by atoms with Gasteiger partial charge in [0.05, 0.1) is 12.8 Å². The van der Waals surface area contributed by atoms with E-state index in [0.29, 0.717) is 5.56 Å². The number of carbonyl (C=O) groups excluding carboxylic acids is 2.